The van der Waals surface area contributed by atoms with E-state index in [0.29, 0.717) is 11.1 Å². The number of aryl methyl sites for hydroxylation is 2. The van der Waals surface area contributed by atoms with Gasteiger partial charge in [0.05, 0.1) is 11.4 Å². The first-order valence-corrected chi connectivity index (χ1v) is 13.0. The first kappa shape index (κ1) is 38.4. The van der Waals surface area contributed by atoms with E-state index in [4.69, 9.17) is 9.98 Å². The quantitative estimate of drug-likeness (QED) is 0.134. The average molecular weight is 939 g/mol. The van der Waals surface area contributed by atoms with Crippen molar-refractivity contribution in [1.82, 2.24) is 0 Å². The van der Waals surface area contributed by atoms with Gasteiger partial charge in [0.1, 0.15) is 0 Å². The third-order valence-corrected chi connectivity index (χ3v) is 7.12. The molecule has 215 valence electrons. The maximum atomic E-state index is 10.6. The van der Waals surface area contributed by atoms with E-state index in [0.717, 1.165) is 55.2 Å². The fourth-order valence-corrected chi connectivity index (χ4v) is 4.98. The molecule has 3 radical (unpaired) electrons. The van der Waals surface area contributed by atoms with Crippen molar-refractivity contribution >= 4 is 45.3 Å². The van der Waals surface area contributed by atoms with E-state index in [9.17, 15) is 10.2 Å². The second kappa shape index (κ2) is 17.2. The van der Waals surface area contributed by atoms with E-state index in [-0.39, 0.29) is 115 Å². The van der Waals surface area contributed by atoms with Gasteiger partial charge in [-0.25, -0.2) is 0 Å². The summed E-state index contributed by atoms with van der Waals surface area (Å²) in [6.07, 6.45) is 3.36. The van der Waals surface area contributed by atoms with E-state index < -0.39 is 0 Å². The van der Waals surface area contributed by atoms with Crippen LogP contribution in [0.2, 0.25) is 0 Å². The van der Waals surface area contributed by atoms with Crippen molar-refractivity contribution < 1.29 is 113 Å². The van der Waals surface area contributed by atoms with Crippen molar-refractivity contribution in [1.29, 1.82) is 0 Å². The van der Waals surface area contributed by atoms with Gasteiger partial charge in [-0.2, -0.15) is 36.4 Å². The minimum atomic E-state index is 0. The van der Waals surface area contributed by atoms with Crippen LogP contribution in [0.5, 0.6) is 11.5 Å². The van der Waals surface area contributed by atoms with Gasteiger partial charge < -0.3 is 10.2 Å². The summed E-state index contributed by atoms with van der Waals surface area (Å²) in [5, 5.41) is 25.4. The van der Waals surface area contributed by atoms with Gasteiger partial charge in [0.2, 0.25) is 0 Å². The second-order valence-corrected chi connectivity index (χ2v) is 9.76. The number of phenolic OH excluding ortho intramolecular Hbond substituents is 2. The van der Waals surface area contributed by atoms with E-state index >= 15 is 0 Å². The Kier molecular flexibility index (Phi) is 15.0. The predicted octanol–water partition coefficient (Wildman–Crippen LogP) is 8.78. The molecule has 6 aromatic rings. The molecule has 0 aliphatic rings. The third-order valence-electron chi connectivity index (χ3n) is 7.12. The maximum Gasteiger partial charge on any atom is 0.0702 e. The van der Waals surface area contributed by atoms with Gasteiger partial charge in [0, 0.05) is 126 Å². The summed E-state index contributed by atoms with van der Waals surface area (Å²) >= 11 is 0. The van der Waals surface area contributed by atoms with Crippen molar-refractivity contribution in [3.63, 3.8) is 0 Å². The molecule has 0 heterocycles. The molecule has 0 aliphatic carbocycles. The molecule has 6 rings (SSSR count). The van der Waals surface area contributed by atoms with Gasteiger partial charge >= 0.3 is 0 Å². The Morgan fingerprint density at radius 3 is 1.36 bits per heavy atom. The zero-order valence-corrected chi connectivity index (χ0v) is 33.7. The molecular formula is C36H26CoN2O2WY2-2. The Labute approximate surface area is 332 Å². The molecule has 0 bridgehead atoms. The zero-order valence-electron chi connectivity index (χ0n) is 24.1. The van der Waals surface area contributed by atoms with Crippen LogP contribution in [0.3, 0.4) is 0 Å². The minimum absolute atomic E-state index is 0. The molecule has 0 amide bonds. The van der Waals surface area contributed by atoms with Crippen LogP contribution in [0.25, 0.3) is 32.7 Å². The van der Waals surface area contributed by atoms with Crippen molar-refractivity contribution in [3.05, 3.63) is 131 Å². The Morgan fingerprint density at radius 2 is 0.955 bits per heavy atom. The molecule has 0 saturated heterocycles. The number of benzene rings is 6. The molecular weight excluding hydrogens is 913 g/mol. The van der Waals surface area contributed by atoms with Crippen LogP contribution >= 0.6 is 0 Å². The Hall–Kier alpha value is -1.82. The molecule has 4 nitrogen and oxygen atoms in total. The van der Waals surface area contributed by atoms with Crippen LogP contribution < -0.4 is 0 Å². The van der Waals surface area contributed by atoms with Gasteiger partial charge in [-0.3, -0.25) is 9.98 Å². The summed E-state index contributed by atoms with van der Waals surface area (Å²) in [5.41, 5.74) is 6.06. The van der Waals surface area contributed by atoms with Crippen LogP contribution in [0.1, 0.15) is 22.3 Å². The SMILES string of the molecule is Cc1c[c-]cc(C=Nc2ccc3ccccc3c2-c2c(N=Cc3c[c-]cc(C)c3O)ccc3ccccc23)c1O.[Co].[W].[Y].[Y]. The van der Waals surface area contributed by atoms with Crippen molar-refractivity contribution in [2.45, 2.75) is 13.8 Å². The summed E-state index contributed by atoms with van der Waals surface area (Å²) in [4.78, 5) is 9.79. The zero-order chi connectivity index (χ0) is 27.6. The molecule has 0 aliphatic heterocycles. The molecule has 0 fully saturated rings. The predicted molar refractivity (Wildman–Crippen MR) is 165 cm³/mol. The standard InChI is InChI=1S/C36H26N2O2.Co.W.2Y/c1-23-9-7-13-27(35(23)39)21-37-31-19-17-25-11-3-5-15-29(25)33(31)34-30-16-6-4-12-26(30)18-20-32(34)38-22-28-14-8-10-24(2)36(28)40;;;;/h3-6,9-22,39-40H,1-2H3;;;;/q-2;;;;. The van der Waals surface area contributed by atoms with Gasteiger partial charge in [-0.05, 0) is 46.1 Å². The van der Waals surface area contributed by atoms with Crippen LogP contribution in [0, 0.1) is 26.0 Å². The average Bonchev–Trinajstić information content (AvgIpc) is 2.98. The molecule has 44 heavy (non-hydrogen) atoms. The monoisotopic (exact) mass is 939 g/mol. The summed E-state index contributed by atoms with van der Waals surface area (Å²) < 4.78 is 0. The Morgan fingerprint density at radius 1 is 0.568 bits per heavy atom. The number of fused-ring (bicyclic) bond motifs is 2. The van der Waals surface area contributed by atoms with E-state index in [1.165, 1.54) is 0 Å². The summed E-state index contributed by atoms with van der Waals surface area (Å²) in [6, 6.07) is 37.7. The number of phenols is 2. The van der Waals surface area contributed by atoms with Gasteiger partial charge in [0.15, 0.2) is 0 Å². The first-order chi connectivity index (χ1) is 19.5. The van der Waals surface area contributed by atoms with Gasteiger partial charge in [-0.15, -0.1) is 11.1 Å². The number of aromatic hydroxyl groups is 2. The number of hydrogen-bond donors (Lipinski definition) is 2. The number of hydrogen-bond acceptors (Lipinski definition) is 4. The molecule has 0 aromatic heterocycles. The number of rotatable bonds is 5. The van der Waals surface area contributed by atoms with Crippen LogP contribution in [0.4, 0.5) is 11.4 Å². The van der Waals surface area contributed by atoms with Crippen LogP contribution in [0.15, 0.2) is 107 Å². The first-order valence-electron chi connectivity index (χ1n) is 13.0. The molecule has 6 aromatic carbocycles. The fraction of sp³-hybridized carbons (Fsp3) is 0.0556. The van der Waals surface area contributed by atoms with Gasteiger partial charge in [0.25, 0.3) is 0 Å². The molecule has 0 unspecified atom stereocenters. The molecule has 0 saturated carbocycles. The molecule has 0 spiro atoms. The number of aliphatic imine (C=N–C) groups is 2. The number of nitrogens with zero attached hydrogens (tertiary/aromatic N) is 2. The second-order valence-electron chi connectivity index (χ2n) is 9.76. The van der Waals surface area contributed by atoms with Gasteiger partial charge in [-0.1, -0.05) is 85.6 Å². The maximum absolute atomic E-state index is 10.6. The van der Waals surface area contributed by atoms with E-state index in [1.54, 1.807) is 36.7 Å². The van der Waals surface area contributed by atoms with Crippen molar-refractivity contribution in [2.75, 3.05) is 0 Å². The van der Waals surface area contributed by atoms with Crippen LogP contribution in [-0.4, -0.2) is 22.6 Å². The Bertz CT molecular complexity index is 1840. The Balaban J connectivity index is 0.00000169. The van der Waals surface area contributed by atoms with E-state index in [2.05, 4.69) is 48.5 Å². The van der Waals surface area contributed by atoms with E-state index in [1.807, 2.05) is 50.2 Å². The fourth-order valence-electron chi connectivity index (χ4n) is 4.98. The minimum Gasteiger partial charge on any atom is -0.533 e. The molecule has 2 N–H and O–H groups in total. The molecule has 8 heteroatoms. The molecule has 0 atom stereocenters. The summed E-state index contributed by atoms with van der Waals surface area (Å²) in [6.45, 7) is 3.68. The van der Waals surface area contributed by atoms with Crippen molar-refractivity contribution in [3.8, 4) is 22.6 Å². The summed E-state index contributed by atoms with van der Waals surface area (Å²) in [5.74, 6) is 0.380. The van der Waals surface area contributed by atoms with Crippen molar-refractivity contribution in [2.24, 2.45) is 9.98 Å². The normalized spacial score (nSPS) is 10.7. The smallest absolute Gasteiger partial charge is 0.0702 e. The third kappa shape index (κ3) is 7.93. The largest absolute Gasteiger partial charge is 0.533 e. The summed E-state index contributed by atoms with van der Waals surface area (Å²) in [7, 11) is 0. The van der Waals surface area contributed by atoms with Crippen LogP contribution in [-0.2, 0) is 103 Å². The topological polar surface area (TPSA) is 65.2 Å².